The number of aromatic carboxylic acids is 1. The number of nitrogens with zero attached hydrogens (tertiary/aromatic N) is 1. The van der Waals surface area contributed by atoms with E-state index in [1.807, 2.05) is 10.8 Å². The molecule has 1 aromatic heterocycles. The molecule has 0 spiro atoms. The maximum Gasteiger partial charge on any atom is 0.352 e. The normalized spacial score (nSPS) is 24.9. The van der Waals surface area contributed by atoms with Gasteiger partial charge in [0.25, 0.3) is 0 Å². The SMILES string of the molecule is COC1CCC(n2cc(I)cc2C(=O)O)C1. The van der Waals surface area contributed by atoms with E-state index in [0.29, 0.717) is 5.69 Å². The van der Waals surface area contributed by atoms with Crippen LogP contribution in [0, 0.1) is 3.57 Å². The molecule has 5 heteroatoms. The van der Waals surface area contributed by atoms with Crippen molar-refractivity contribution in [3.8, 4) is 0 Å². The Morgan fingerprint density at radius 2 is 2.38 bits per heavy atom. The Morgan fingerprint density at radius 3 is 2.94 bits per heavy atom. The van der Waals surface area contributed by atoms with Gasteiger partial charge in [-0.25, -0.2) is 4.79 Å². The lowest BCUT2D eigenvalue weighted by atomic mass is 10.2. The van der Waals surface area contributed by atoms with E-state index in [1.165, 1.54) is 0 Å². The molecule has 2 atom stereocenters. The molecule has 1 fully saturated rings. The molecule has 1 heterocycles. The summed E-state index contributed by atoms with van der Waals surface area (Å²) < 4.78 is 8.15. The standard InChI is InChI=1S/C11H14INO3/c1-16-9-3-2-8(5-9)13-6-7(12)4-10(13)11(14)15/h4,6,8-9H,2-3,5H2,1H3,(H,14,15). The summed E-state index contributed by atoms with van der Waals surface area (Å²) in [5.74, 6) is -0.858. The molecule has 0 aliphatic heterocycles. The predicted octanol–water partition coefficient (Wildman–Crippen LogP) is 2.53. The fourth-order valence-corrected chi connectivity index (χ4v) is 2.90. The van der Waals surface area contributed by atoms with Crippen LogP contribution in [0.3, 0.4) is 0 Å². The van der Waals surface area contributed by atoms with E-state index in [4.69, 9.17) is 9.84 Å². The van der Waals surface area contributed by atoms with E-state index in [9.17, 15) is 4.79 Å². The van der Waals surface area contributed by atoms with Crippen molar-refractivity contribution in [2.45, 2.75) is 31.4 Å². The summed E-state index contributed by atoms with van der Waals surface area (Å²) in [5, 5.41) is 9.11. The van der Waals surface area contributed by atoms with Crippen molar-refractivity contribution in [2.75, 3.05) is 7.11 Å². The van der Waals surface area contributed by atoms with Crippen molar-refractivity contribution in [3.63, 3.8) is 0 Å². The highest BCUT2D eigenvalue weighted by Crippen LogP contribution is 2.33. The summed E-state index contributed by atoms with van der Waals surface area (Å²) >= 11 is 2.15. The van der Waals surface area contributed by atoms with Crippen molar-refractivity contribution in [2.24, 2.45) is 0 Å². The van der Waals surface area contributed by atoms with Gasteiger partial charge in [-0.3, -0.25) is 0 Å². The number of halogens is 1. The molecule has 2 unspecified atom stereocenters. The average Bonchev–Trinajstić information content (AvgIpc) is 2.82. The Morgan fingerprint density at radius 1 is 1.62 bits per heavy atom. The molecule has 1 aliphatic rings. The monoisotopic (exact) mass is 335 g/mol. The van der Waals surface area contributed by atoms with Crippen LogP contribution in [0.1, 0.15) is 35.8 Å². The maximum atomic E-state index is 11.1. The summed E-state index contributed by atoms with van der Waals surface area (Å²) in [5.41, 5.74) is 0.381. The zero-order chi connectivity index (χ0) is 11.7. The summed E-state index contributed by atoms with van der Waals surface area (Å²) in [4.78, 5) is 11.1. The van der Waals surface area contributed by atoms with E-state index in [2.05, 4.69) is 22.6 Å². The van der Waals surface area contributed by atoms with Crippen molar-refractivity contribution in [3.05, 3.63) is 21.5 Å². The van der Waals surface area contributed by atoms with Crippen LogP contribution in [0.4, 0.5) is 0 Å². The Balaban J connectivity index is 2.23. The number of methoxy groups -OCH3 is 1. The smallest absolute Gasteiger partial charge is 0.352 e. The summed E-state index contributed by atoms with van der Waals surface area (Å²) in [6, 6.07) is 1.97. The number of rotatable bonds is 3. The third-order valence-corrected chi connectivity index (χ3v) is 3.71. The highest BCUT2D eigenvalue weighted by Gasteiger charge is 2.28. The van der Waals surface area contributed by atoms with Crippen LogP contribution in [0.5, 0.6) is 0 Å². The number of hydrogen-bond donors (Lipinski definition) is 1. The lowest BCUT2D eigenvalue weighted by Crippen LogP contribution is -2.13. The van der Waals surface area contributed by atoms with Crippen LogP contribution in [-0.2, 0) is 4.74 Å². The predicted molar refractivity (Wildman–Crippen MR) is 67.8 cm³/mol. The molecular weight excluding hydrogens is 321 g/mol. The van der Waals surface area contributed by atoms with Crippen molar-refractivity contribution < 1.29 is 14.6 Å². The summed E-state index contributed by atoms with van der Waals surface area (Å²) in [6.07, 6.45) is 5.08. The second kappa shape index (κ2) is 4.75. The van der Waals surface area contributed by atoms with Gasteiger partial charge in [-0.15, -0.1) is 0 Å². The number of ether oxygens (including phenoxy) is 1. The lowest BCUT2D eigenvalue weighted by Gasteiger charge is -2.14. The second-order valence-electron chi connectivity index (χ2n) is 4.08. The highest BCUT2D eigenvalue weighted by molar-refractivity contribution is 14.1. The van der Waals surface area contributed by atoms with Gasteiger partial charge in [0.2, 0.25) is 0 Å². The molecule has 0 radical (unpaired) electrons. The van der Waals surface area contributed by atoms with E-state index in [-0.39, 0.29) is 12.1 Å². The van der Waals surface area contributed by atoms with Gasteiger partial charge in [-0.05, 0) is 47.9 Å². The van der Waals surface area contributed by atoms with Gasteiger partial charge >= 0.3 is 5.97 Å². The Kier molecular flexibility index (Phi) is 3.53. The van der Waals surface area contributed by atoms with Crippen molar-refractivity contribution in [1.82, 2.24) is 4.57 Å². The lowest BCUT2D eigenvalue weighted by molar-refractivity contribution is 0.0680. The van der Waals surface area contributed by atoms with E-state index in [1.54, 1.807) is 13.2 Å². The molecule has 1 saturated carbocycles. The minimum atomic E-state index is -0.858. The Labute approximate surface area is 108 Å². The largest absolute Gasteiger partial charge is 0.477 e. The first-order valence-corrected chi connectivity index (χ1v) is 6.33. The fraction of sp³-hybridized carbons (Fsp3) is 0.545. The van der Waals surface area contributed by atoms with Crippen LogP contribution < -0.4 is 0 Å². The Hall–Kier alpha value is -0.560. The van der Waals surface area contributed by atoms with Gasteiger partial charge < -0.3 is 14.4 Å². The summed E-state index contributed by atoms with van der Waals surface area (Å²) in [6.45, 7) is 0. The van der Waals surface area contributed by atoms with E-state index < -0.39 is 5.97 Å². The maximum absolute atomic E-state index is 11.1. The van der Waals surface area contributed by atoms with Crippen LogP contribution in [0.2, 0.25) is 0 Å². The van der Waals surface area contributed by atoms with Gasteiger partial charge in [0, 0.05) is 22.9 Å². The highest BCUT2D eigenvalue weighted by atomic mass is 127. The third kappa shape index (κ3) is 2.24. The first-order valence-electron chi connectivity index (χ1n) is 5.25. The van der Waals surface area contributed by atoms with Crippen LogP contribution in [0.25, 0.3) is 0 Å². The van der Waals surface area contributed by atoms with Crippen LogP contribution in [0.15, 0.2) is 12.3 Å². The molecular formula is C11H14INO3. The van der Waals surface area contributed by atoms with Gasteiger partial charge in [0.15, 0.2) is 0 Å². The average molecular weight is 335 g/mol. The molecule has 0 amide bonds. The minimum Gasteiger partial charge on any atom is -0.477 e. The molecule has 0 saturated heterocycles. The summed E-state index contributed by atoms with van der Waals surface area (Å²) in [7, 11) is 1.71. The molecule has 1 aliphatic carbocycles. The van der Waals surface area contributed by atoms with Crippen molar-refractivity contribution in [1.29, 1.82) is 0 Å². The first kappa shape index (κ1) is 11.9. The van der Waals surface area contributed by atoms with Gasteiger partial charge in [-0.2, -0.15) is 0 Å². The molecule has 16 heavy (non-hydrogen) atoms. The van der Waals surface area contributed by atoms with Crippen LogP contribution >= 0.6 is 22.6 Å². The third-order valence-electron chi connectivity index (χ3n) is 3.12. The Bertz CT molecular complexity index is 402. The van der Waals surface area contributed by atoms with Crippen molar-refractivity contribution >= 4 is 28.6 Å². The first-order chi connectivity index (χ1) is 7.61. The molecule has 1 aromatic rings. The van der Waals surface area contributed by atoms with E-state index in [0.717, 1.165) is 22.8 Å². The van der Waals surface area contributed by atoms with E-state index >= 15 is 0 Å². The molecule has 0 aromatic carbocycles. The quantitative estimate of drug-likeness (QED) is 0.864. The van der Waals surface area contributed by atoms with Gasteiger partial charge in [-0.1, -0.05) is 0 Å². The topological polar surface area (TPSA) is 51.5 Å². The number of carbonyl (C=O) groups is 1. The minimum absolute atomic E-state index is 0.263. The van der Waals surface area contributed by atoms with Gasteiger partial charge in [0.1, 0.15) is 5.69 Å². The molecule has 88 valence electrons. The molecule has 1 N–H and O–H groups in total. The van der Waals surface area contributed by atoms with Gasteiger partial charge in [0.05, 0.1) is 6.10 Å². The zero-order valence-electron chi connectivity index (χ0n) is 9.02. The fourth-order valence-electron chi connectivity index (χ4n) is 2.30. The second-order valence-corrected chi connectivity index (χ2v) is 5.33. The molecule has 0 bridgehead atoms. The zero-order valence-corrected chi connectivity index (χ0v) is 11.2. The number of carboxylic acids is 1. The molecule has 4 nitrogen and oxygen atoms in total. The molecule has 2 rings (SSSR count). The number of hydrogen-bond acceptors (Lipinski definition) is 2. The number of carboxylic acid groups (broad SMARTS) is 1. The van der Waals surface area contributed by atoms with Crippen LogP contribution in [-0.4, -0.2) is 28.9 Å². The number of aromatic nitrogens is 1.